The number of ether oxygens (including phenoxy) is 1. The fraction of sp³-hybridized carbons (Fsp3) is 0.235. The van der Waals surface area contributed by atoms with Crippen molar-refractivity contribution in [3.63, 3.8) is 0 Å². The maximum absolute atomic E-state index is 12.0. The predicted octanol–water partition coefficient (Wildman–Crippen LogP) is 2.56. The average molecular weight is 284 g/mol. The normalized spacial score (nSPS) is 10.0. The van der Waals surface area contributed by atoms with E-state index in [0.29, 0.717) is 18.7 Å². The third-order valence-corrected chi connectivity index (χ3v) is 3.05. The predicted molar refractivity (Wildman–Crippen MR) is 85.0 cm³/mol. The van der Waals surface area contributed by atoms with Gasteiger partial charge in [0.15, 0.2) is 0 Å². The Kier molecular flexibility index (Phi) is 5.21. The maximum Gasteiger partial charge on any atom is 0.251 e. The minimum Gasteiger partial charge on any atom is -0.492 e. The molecule has 0 atom stereocenters. The first-order valence-corrected chi connectivity index (χ1v) is 6.90. The number of amides is 1. The summed E-state index contributed by atoms with van der Waals surface area (Å²) in [6, 6.07) is 17.0. The summed E-state index contributed by atoms with van der Waals surface area (Å²) in [6.45, 7) is 0.925. The first kappa shape index (κ1) is 14.9. The molecule has 4 heteroatoms. The van der Waals surface area contributed by atoms with Crippen molar-refractivity contribution in [1.29, 1.82) is 0 Å². The SMILES string of the molecule is CN(C)c1ccc(C(=O)NCCOc2ccccc2)cc1. The van der Waals surface area contributed by atoms with E-state index in [1.165, 1.54) is 0 Å². The number of hydrogen-bond acceptors (Lipinski definition) is 3. The molecule has 0 fully saturated rings. The second kappa shape index (κ2) is 7.33. The molecule has 110 valence electrons. The van der Waals surface area contributed by atoms with Crippen LogP contribution in [0.15, 0.2) is 54.6 Å². The van der Waals surface area contributed by atoms with Gasteiger partial charge in [0.1, 0.15) is 12.4 Å². The molecule has 0 bridgehead atoms. The van der Waals surface area contributed by atoms with Crippen LogP contribution < -0.4 is 15.0 Å². The highest BCUT2D eigenvalue weighted by Crippen LogP contribution is 2.12. The lowest BCUT2D eigenvalue weighted by Gasteiger charge is -2.12. The molecule has 4 nitrogen and oxygen atoms in total. The van der Waals surface area contributed by atoms with Gasteiger partial charge < -0.3 is 15.0 Å². The zero-order valence-electron chi connectivity index (χ0n) is 12.4. The van der Waals surface area contributed by atoms with Crippen molar-refractivity contribution >= 4 is 11.6 Å². The van der Waals surface area contributed by atoms with Gasteiger partial charge in [0.2, 0.25) is 0 Å². The minimum absolute atomic E-state index is 0.0861. The smallest absolute Gasteiger partial charge is 0.251 e. The molecule has 0 radical (unpaired) electrons. The van der Waals surface area contributed by atoms with Gasteiger partial charge in [-0.3, -0.25) is 4.79 Å². The van der Waals surface area contributed by atoms with Gasteiger partial charge >= 0.3 is 0 Å². The molecule has 2 aromatic rings. The van der Waals surface area contributed by atoms with E-state index in [9.17, 15) is 4.79 Å². The summed E-state index contributed by atoms with van der Waals surface area (Å²) in [4.78, 5) is 14.0. The molecule has 2 rings (SSSR count). The molecule has 0 spiro atoms. The molecule has 0 aromatic heterocycles. The van der Waals surface area contributed by atoms with Crippen molar-refractivity contribution in [2.75, 3.05) is 32.1 Å². The van der Waals surface area contributed by atoms with Gasteiger partial charge in [-0.25, -0.2) is 0 Å². The van der Waals surface area contributed by atoms with E-state index in [1.54, 1.807) is 0 Å². The van der Waals surface area contributed by atoms with Gasteiger partial charge in [0.05, 0.1) is 6.54 Å². The van der Waals surface area contributed by atoms with Crippen molar-refractivity contribution in [3.8, 4) is 5.75 Å². The van der Waals surface area contributed by atoms with Crippen LogP contribution in [-0.2, 0) is 0 Å². The molecular formula is C17H20N2O2. The van der Waals surface area contributed by atoms with Crippen molar-refractivity contribution in [2.24, 2.45) is 0 Å². The number of hydrogen-bond donors (Lipinski definition) is 1. The van der Waals surface area contributed by atoms with Crippen molar-refractivity contribution in [1.82, 2.24) is 5.32 Å². The van der Waals surface area contributed by atoms with Crippen LogP contribution in [0.1, 0.15) is 10.4 Å². The number of nitrogens with zero attached hydrogens (tertiary/aromatic N) is 1. The molecule has 1 N–H and O–H groups in total. The fourth-order valence-electron chi connectivity index (χ4n) is 1.86. The fourth-order valence-corrected chi connectivity index (χ4v) is 1.86. The van der Waals surface area contributed by atoms with Crippen LogP contribution in [-0.4, -0.2) is 33.2 Å². The van der Waals surface area contributed by atoms with Crippen LogP contribution in [0.25, 0.3) is 0 Å². The van der Waals surface area contributed by atoms with E-state index in [-0.39, 0.29) is 5.91 Å². The number of para-hydroxylation sites is 1. The molecule has 0 aliphatic rings. The standard InChI is InChI=1S/C17H20N2O2/c1-19(2)15-10-8-14(9-11-15)17(20)18-12-13-21-16-6-4-3-5-7-16/h3-11H,12-13H2,1-2H3,(H,18,20). The van der Waals surface area contributed by atoms with Crippen molar-refractivity contribution in [2.45, 2.75) is 0 Å². The first-order valence-electron chi connectivity index (χ1n) is 6.90. The summed E-state index contributed by atoms with van der Waals surface area (Å²) >= 11 is 0. The highest BCUT2D eigenvalue weighted by molar-refractivity contribution is 5.94. The number of carbonyl (C=O) groups is 1. The molecule has 2 aromatic carbocycles. The molecule has 0 unspecified atom stereocenters. The van der Waals surface area contributed by atoms with Crippen LogP contribution in [0.5, 0.6) is 5.75 Å². The Balaban J connectivity index is 1.76. The Hall–Kier alpha value is -2.49. The summed E-state index contributed by atoms with van der Waals surface area (Å²) in [5.74, 6) is 0.721. The maximum atomic E-state index is 12.0. The second-order valence-electron chi connectivity index (χ2n) is 4.86. The lowest BCUT2D eigenvalue weighted by atomic mass is 10.2. The highest BCUT2D eigenvalue weighted by atomic mass is 16.5. The number of rotatable bonds is 6. The number of benzene rings is 2. The largest absolute Gasteiger partial charge is 0.492 e. The van der Waals surface area contributed by atoms with Crippen molar-refractivity contribution < 1.29 is 9.53 Å². The summed E-state index contributed by atoms with van der Waals surface area (Å²) in [6.07, 6.45) is 0. The molecular weight excluding hydrogens is 264 g/mol. The van der Waals surface area contributed by atoms with Gasteiger partial charge in [0.25, 0.3) is 5.91 Å². The monoisotopic (exact) mass is 284 g/mol. The van der Waals surface area contributed by atoms with E-state index in [4.69, 9.17) is 4.74 Å². The number of carbonyl (C=O) groups excluding carboxylic acids is 1. The molecule has 0 saturated carbocycles. The van der Waals surface area contributed by atoms with Gasteiger partial charge in [-0.15, -0.1) is 0 Å². The van der Waals surface area contributed by atoms with Gasteiger partial charge in [-0.1, -0.05) is 18.2 Å². The Morgan fingerprint density at radius 2 is 1.71 bits per heavy atom. The second-order valence-corrected chi connectivity index (χ2v) is 4.86. The molecule has 21 heavy (non-hydrogen) atoms. The summed E-state index contributed by atoms with van der Waals surface area (Å²) < 4.78 is 5.52. The van der Waals surface area contributed by atoms with Crippen LogP contribution in [0.2, 0.25) is 0 Å². The van der Waals surface area contributed by atoms with Crippen LogP contribution >= 0.6 is 0 Å². The van der Waals surface area contributed by atoms with E-state index in [1.807, 2.05) is 73.6 Å². The van der Waals surface area contributed by atoms with Crippen molar-refractivity contribution in [3.05, 3.63) is 60.2 Å². The molecule has 0 saturated heterocycles. The molecule has 0 aliphatic heterocycles. The van der Waals surface area contributed by atoms with Gasteiger partial charge in [-0.2, -0.15) is 0 Å². The van der Waals surface area contributed by atoms with Crippen LogP contribution in [0.3, 0.4) is 0 Å². The number of nitrogens with one attached hydrogen (secondary N) is 1. The summed E-state index contributed by atoms with van der Waals surface area (Å²) in [7, 11) is 3.94. The zero-order valence-corrected chi connectivity index (χ0v) is 12.4. The third kappa shape index (κ3) is 4.53. The van der Waals surface area contributed by atoms with Crippen LogP contribution in [0.4, 0.5) is 5.69 Å². The Bertz CT molecular complexity index is 565. The van der Waals surface area contributed by atoms with Gasteiger partial charge in [-0.05, 0) is 36.4 Å². The first-order chi connectivity index (χ1) is 10.2. The highest BCUT2D eigenvalue weighted by Gasteiger charge is 2.05. The Labute approximate surface area is 125 Å². The minimum atomic E-state index is -0.0861. The molecule has 0 heterocycles. The van der Waals surface area contributed by atoms with E-state index < -0.39 is 0 Å². The Morgan fingerprint density at radius 1 is 1.05 bits per heavy atom. The lowest BCUT2D eigenvalue weighted by Crippen LogP contribution is -2.28. The third-order valence-electron chi connectivity index (χ3n) is 3.05. The van der Waals surface area contributed by atoms with E-state index >= 15 is 0 Å². The zero-order chi connectivity index (χ0) is 15.1. The summed E-state index contributed by atoms with van der Waals surface area (Å²) in [5, 5.41) is 2.84. The van der Waals surface area contributed by atoms with Gasteiger partial charge in [0, 0.05) is 25.3 Å². The molecule has 0 aliphatic carbocycles. The molecule has 1 amide bonds. The number of anilines is 1. The lowest BCUT2D eigenvalue weighted by molar-refractivity contribution is 0.0947. The van der Waals surface area contributed by atoms with Crippen LogP contribution in [0, 0.1) is 0 Å². The topological polar surface area (TPSA) is 41.6 Å². The quantitative estimate of drug-likeness (QED) is 0.829. The summed E-state index contributed by atoms with van der Waals surface area (Å²) in [5.41, 5.74) is 1.72. The van der Waals surface area contributed by atoms with E-state index in [2.05, 4.69) is 5.32 Å². The average Bonchev–Trinajstić information content (AvgIpc) is 2.52. The van der Waals surface area contributed by atoms with E-state index in [0.717, 1.165) is 11.4 Å². The Morgan fingerprint density at radius 3 is 2.33 bits per heavy atom.